The van der Waals surface area contributed by atoms with E-state index in [1.807, 2.05) is 19.1 Å². The molecular formula is C21H22N2O6. The average Bonchev–Trinajstić information content (AvgIpc) is 2.71. The highest BCUT2D eigenvalue weighted by molar-refractivity contribution is 5.99. The molecule has 0 saturated heterocycles. The fourth-order valence-corrected chi connectivity index (χ4v) is 2.96. The van der Waals surface area contributed by atoms with E-state index in [9.17, 15) is 19.5 Å². The van der Waals surface area contributed by atoms with Crippen LogP contribution in [-0.4, -0.2) is 42.6 Å². The van der Waals surface area contributed by atoms with Crippen molar-refractivity contribution >= 4 is 23.5 Å². The van der Waals surface area contributed by atoms with Gasteiger partial charge in [0, 0.05) is 12.1 Å². The first-order valence-corrected chi connectivity index (χ1v) is 9.25. The number of amides is 2. The van der Waals surface area contributed by atoms with Gasteiger partial charge in [-0.05, 0) is 49.2 Å². The van der Waals surface area contributed by atoms with Gasteiger partial charge in [0.2, 0.25) is 0 Å². The summed E-state index contributed by atoms with van der Waals surface area (Å²) >= 11 is 0. The number of carbonyl (C=O) groups is 3. The summed E-state index contributed by atoms with van der Waals surface area (Å²) in [5.74, 6) is -1.29. The maximum atomic E-state index is 12.4. The Hall–Kier alpha value is -3.55. The molecule has 1 heterocycles. The lowest BCUT2D eigenvalue weighted by molar-refractivity contribution is -0.141. The molecule has 0 fully saturated rings. The van der Waals surface area contributed by atoms with Crippen molar-refractivity contribution in [2.45, 2.75) is 13.3 Å². The predicted molar refractivity (Wildman–Crippen MR) is 105 cm³/mol. The quantitative estimate of drug-likeness (QED) is 0.627. The van der Waals surface area contributed by atoms with E-state index in [0.717, 1.165) is 11.3 Å². The van der Waals surface area contributed by atoms with Crippen LogP contribution >= 0.6 is 0 Å². The number of hydrogen-bond donors (Lipinski definition) is 3. The van der Waals surface area contributed by atoms with Crippen LogP contribution in [0.4, 0.5) is 5.69 Å². The van der Waals surface area contributed by atoms with Crippen molar-refractivity contribution in [3.05, 3.63) is 53.6 Å². The van der Waals surface area contributed by atoms with Crippen molar-refractivity contribution in [3.63, 3.8) is 0 Å². The predicted octanol–water partition coefficient (Wildman–Crippen LogP) is 2.09. The van der Waals surface area contributed by atoms with Crippen LogP contribution in [0.25, 0.3) is 0 Å². The van der Waals surface area contributed by atoms with Gasteiger partial charge in [0.05, 0.1) is 18.2 Å². The molecule has 1 aliphatic rings. The Kier molecular flexibility index (Phi) is 6.33. The summed E-state index contributed by atoms with van der Waals surface area (Å²) in [6.45, 7) is 2.36. The van der Waals surface area contributed by atoms with E-state index < -0.39 is 17.8 Å². The van der Waals surface area contributed by atoms with E-state index in [1.54, 1.807) is 24.3 Å². The molecule has 2 aromatic carbocycles. The Morgan fingerprint density at radius 1 is 1.24 bits per heavy atom. The molecule has 1 atom stereocenters. The maximum Gasteiger partial charge on any atom is 0.308 e. The SMILES string of the molecule is CCOc1ccc(CC(CNC(=O)c2ccc3c(c2)NC(=O)CO3)C(=O)O)cc1. The molecule has 0 aromatic heterocycles. The summed E-state index contributed by atoms with van der Waals surface area (Å²) in [6, 6.07) is 11.9. The van der Waals surface area contributed by atoms with Gasteiger partial charge in [-0.2, -0.15) is 0 Å². The normalized spacial score (nSPS) is 13.5. The Morgan fingerprint density at radius 2 is 2.00 bits per heavy atom. The fourth-order valence-electron chi connectivity index (χ4n) is 2.96. The number of fused-ring (bicyclic) bond motifs is 1. The van der Waals surface area contributed by atoms with Crippen molar-refractivity contribution in [1.29, 1.82) is 0 Å². The summed E-state index contributed by atoms with van der Waals surface area (Å²) in [7, 11) is 0. The zero-order valence-corrected chi connectivity index (χ0v) is 15.9. The van der Waals surface area contributed by atoms with Gasteiger partial charge in [-0.25, -0.2) is 0 Å². The molecule has 29 heavy (non-hydrogen) atoms. The third-order valence-electron chi connectivity index (χ3n) is 4.45. The Bertz CT molecular complexity index is 910. The number of rotatable bonds is 8. The monoisotopic (exact) mass is 398 g/mol. The molecule has 0 bridgehead atoms. The Morgan fingerprint density at radius 3 is 2.69 bits per heavy atom. The molecule has 152 valence electrons. The van der Waals surface area contributed by atoms with E-state index in [-0.39, 0.29) is 25.5 Å². The first kappa shape index (κ1) is 20.2. The lowest BCUT2D eigenvalue weighted by Crippen LogP contribution is -2.34. The lowest BCUT2D eigenvalue weighted by Gasteiger charge is -2.18. The van der Waals surface area contributed by atoms with Crippen molar-refractivity contribution in [1.82, 2.24) is 5.32 Å². The van der Waals surface area contributed by atoms with Crippen molar-refractivity contribution < 1.29 is 29.0 Å². The topological polar surface area (TPSA) is 114 Å². The molecule has 1 unspecified atom stereocenters. The number of hydrogen-bond acceptors (Lipinski definition) is 5. The van der Waals surface area contributed by atoms with Gasteiger partial charge < -0.3 is 25.2 Å². The van der Waals surface area contributed by atoms with Crippen LogP contribution in [0.5, 0.6) is 11.5 Å². The summed E-state index contributed by atoms with van der Waals surface area (Å²) in [5.41, 5.74) is 1.56. The van der Waals surface area contributed by atoms with Gasteiger partial charge in [0.15, 0.2) is 6.61 Å². The van der Waals surface area contributed by atoms with Crippen LogP contribution in [0.15, 0.2) is 42.5 Å². The number of ether oxygens (including phenoxy) is 2. The van der Waals surface area contributed by atoms with Crippen molar-refractivity contribution in [2.24, 2.45) is 5.92 Å². The molecule has 3 N–H and O–H groups in total. The van der Waals surface area contributed by atoms with Crippen molar-refractivity contribution in [2.75, 3.05) is 25.1 Å². The molecular weight excluding hydrogens is 376 g/mol. The minimum absolute atomic E-state index is 0.0265. The number of anilines is 1. The Labute approximate surface area is 167 Å². The average molecular weight is 398 g/mol. The summed E-state index contributed by atoms with van der Waals surface area (Å²) in [5, 5.41) is 14.8. The first-order valence-electron chi connectivity index (χ1n) is 9.25. The second-order valence-corrected chi connectivity index (χ2v) is 6.57. The zero-order chi connectivity index (χ0) is 20.8. The molecule has 8 nitrogen and oxygen atoms in total. The van der Waals surface area contributed by atoms with Crippen LogP contribution in [0, 0.1) is 5.92 Å². The molecule has 0 radical (unpaired) electrons. The maximum absolute atomic E-state index is 12.4. The highest BCUT2D eigenvalue weighted by atomic mass is 16.5. The molecule has 0 saturated carbocycles. The number of carboxylic acid groups (broad SMARTS) is 1. The second kappa shape index (κ2) is 9.09. The second-order valence-electron chi connectivity index (χ2n) is 6.57. The number of carbonyl (C=O) groups excluding carboxylic acids is 2. The van der Waals surface area contributed by atoms with Crippen LogP contribution in [0.1, 0.15) is 22.8 Å². The van der Waals surface area contributed by atoms with Crippen LogP contribution in [-0.2, 0) is 16.0 Å². The van der Waals surface area contributed by atoms with Gasteiger partial charge in [-0.15, -0.1) is 0 Å². The van der Waals surface area contributed by atoms with Gasteiger partial charge >= 0.3 is 5.97 Å². The zero-order valence-electron chi connectivity index (χ0n) is 15.9. The highest BCUT2D eigenvalue weighted by Gasteiger charge is 2.21. The van der Waals surface area contributed by atoms with E-state index >= 15 is 0 Å². The number of nitrogens with one attached hydrogen (secondary N) is 2. The van der Waals surface area contributed by atoms with Gasteiger partial charge in [-0.1, -0.05) is 12.1 Å². The molecule has 3 rings (SSSR count). The Balaban J connectivity index is 1.61. The molecule has 2 amide bonds. The molecule has 8 heteroatoms. The van der Waals surface area contributed by atoms with Crippen LogP contribution in [0.3, 0.4) is 0 Å². The van der Waals surface area contributed by atoms with E-state index in [0.29, 0.717) is 23.6 Å². The van der Waals surface area contributed by atoms with Gasteiger partial charge in [0.25, 0.3) is 11.8 Å². The molecule has 0 spiro atoms. The first-order chi connectivity index (χ1) is 14.0. The standard InChI is InChI=1S/C21H22N2O6/c1-2-28-16-6-3-13(4-7-16)9-15(21(26)27)11-22-20(25)14-5-8-18-17(10-14)23-19(24)12-29-18/h3-8,10,15H,2,9,11-12H2,1H3,(H,22,25)(H,23,24)(H,26,27). The lowest BCUT2D eigenvalue weighted by atomic mass is 9.99. The smallest absolute Gasteiger partial charge is 0.308 e. The van der Waals surface area contributed by atoms with Gasteiger partial charge in [0.1, 0.15) is 11.5 Å². The van der Waals surface area contributed by atoms with E-state index in [1.165, 1.54) is 6.07 Å². The fraction of sp³-hybridized carbons (Fsp3) is 0.286. The summed E-state index contributed by atoms with van der Waals surface area (Å²) < 4.78 is 10.6. The summed E-state index contributed by atoms with van der Waals surface area (Å²) in [4.78, 5) is 35.5. The number of benzene rings is 2. The summed E-state index contributed by atoms with van der Waals surface area (Å²) in [6.07, 6.45) is 0.274. The minimum Gasteiger partial charge on any atom is -0.494 e. The van der Waals surface area contributed by atoms with Crippen LogP contribution in [0.2, 0.25) is 0 Å². The molecule has 0 aliphatic carbocycles. The largest absolute Gasteiger partial charge is 0.494 e. The number of carboxylic acids is 1. The third kappa shape index (κ3) is 5.25. The third-order valence-corrected chi connectivity index (χ3v) is 4.45. The molecule has 2 aromatic rings. The molecule has 1 aliphatic heterocycles. The minimum atomic E-state index is -0.995. The van der Waals surface area contributed by atoms with E-state index in [4.69, 9.17) is 9.47 Å². The number of aliphatic carboxylic acids is 1. The van der Waals surface area contributed by atoms with E-state index in [2.05, 4.69) is 10.6 Å². The van der Waals surface area contributed by atoms with Crippen LogP contribution < -0.4 is 20.1 Å². The van der Waals surface area contributed by atoms with Gasteiger partial charge in [-0.3, -0.25) is 14.4 Å². The highest BCUT2D eigenvalue weighted by Crippen LogP contribution is 2.28. The van der Waals surface area contributed by atoms with Crippen molar-refractivity contribution in [3.8, 4) is 11.5 Å².